The van der Waals surface area contributed by atoms with Crippen LogP contribution in [0.5, 0.6) is 0 Å². The van der Waals surface area contributed by atoms with Gasteiger partial charge in [-0.05, 0) is 37.0 Å². The van der Waals surface area contributed by atoms with Crippen LogP contribution in [-0.4, -0.2) is 40.2 Å². The summed E-state index contributed by atoms with van der Waals surface area (Å²) in [6.45, 7) is 0.521. The van der Waals surface area contributed by atoms with Crippen LogP contribution in [0.2, 0.25) is 0 Å². The van der Waals surface area contributed by atoms with Gasteiger partial charge in [-0.3, -0.25) is 4.79 Å². The number of thioether (sulfide) groups is 1. The van der Waals surface area contributed by atoms with E-state index in [-0.39, 0.29) is 17.5 Å². The Morgan fingerprint density at radius 3 is 2.67 bits per heavy atom. The van der Waals surface area contributed by atoms with Crippen LogP contribution in [0.1, 0.15) is 24.8 Å². The number of hydrogen-bond donors (Lipinski definition) is 1. The second kappa shape index (κ2) is 7.45. The molecule has 1 amide bonds. The number of piperidine rings is 1. The van der Waals surface area contributed by atoms with E-state index in [1.165, 1.54) is 28.8 Å². The average Bonchev–Trinajstić information content (AvgIpc) is 2.49. The zero-order chi connectivity index (χ0) is 15.2. The molecule has 114 valence electrons. The Kier molecular flexibility index (Phi) is 5.61. The number of carbonyl (C=O) groups is 2. The van der Waals surface area contributed by atoms with Crippen molar-refractivity contribution in [1.29, 1.82) is 0 Å². The summed E-state index contributed by atoms with van der Waals surface area (Å²) in [6.07, 6.45) is 2.24. The fraction of sp³-hybridized carbons (Fsp3) is 0.467. The largest absolute Gasteiger partial charge is 0.480 e. The lowest BCUT2D eigenvalue weighted by Gasteiger charge is -2.32. The summed E-state index contributed by atoms with van der Waals surface area (Å²) in [5.74, 6) is -0.475. The number of halogens is 1. The first-order valence-electron chi connectivity index (χ1n) is 6.92. The van der Waals surface area contributed by atoms with Gasteiger partial charge in [-0.25, -0.2) is 9.18 Å². The summed E-state index contributed by atoms with van der Waals surface area (Å²) < 4.78 is 12.8. The molecule has 0 unspecified atom stereocenters. The number of benzene rings is 1. The molecule has 0 spiro atoms. The Bertz CT molecular complexity index is 506. The van der Waals surface area contributed by atoms with E-state index in [0.717, 1.165) is 18.4 Å². The van der Waals surface area contributed by atoms with Crippen LogP contribution < -0.4 is 0 Å². The lowest BCUT2D eigenvalue weighted by atomic mass is 10.0. The molecular formula is C15H18FNO3S. The van der Waals surface area contributed by atoms with Crippen LogP contribution in [0, 0.1) is 5.82 Å². The van der Waals surface area contributed by atoms with Crippen molar-refractivity contribution in [3.8, 4) is 0 Å². The topological polar surface area (TPSA) is 57.6 Å². The molecule has 0 bridgehead atoms. The highest BCUT2D eigenvalue weighted by atomic mass is 32.2. The van der Waals surface area contributed by atoms with E-state index in [9.17, 15) is 14.0 Å². The predicted octanol–water partition coefficient (Wildman–Crippen LogP) is 2.52. The van der Waals surface area contributed by atoms with E-state index in [0.29, 0.717) is 18.7 Å². The van der Waals surface area contributed by atoms with E-state index in [1.807, 2.05) is 0 Å². The molecule has 0 radical (unpaired) electrons. The van der Waals surface area contributed by atoms with Gasteiger partial charge in [-0.1, -0.05) is 12.1 Å². The van der Waals surface area contributed by atoms with Gasteiger partial charge >= 0.3 is 5.97 Å². The van der Waals surface area contributed by atoms with E-state index >= 15 is 0 Å². The summed E-state index contributed by atoms with van der Waals surface area (Å²) in [4.78, 5) is 24.8. The fourth-order valence-electron chi connectivity index (χ4n) is 2.41. The minimum absolute atomic E-state index is 0.130. The second-order valence-electron chi connectivity index (χ2n) is 5.06. The molecule has 2 rings (SSSR count). The highest BCUT2D eigenvalue weighted by Gasteiger charge is 2.31. The SMILES string of the molecule is O=C(O)[C@@H]1CCCCN1C(=O)CSCc1ccc(F)cc1. The van der Waals surface area contributed by atoms with Gasteiger partial charge in [0.2, 0.25) is 5.91 Å². The lowest BCUT2D eigenvalue weighted by Crippen LogP contribution is -2.48. The molecule has 1 heterocycles. The van der Waals surface area contributed by atoms with Crippen LogP contribution in [0.4, 0.5) is 4.39 Å². The van der Waals surface area contributed by atoms with Crippen molar-refractivity contribution >= 4 is 23.6 Å². The Labute approximate surface area is 127 Å². The predicted molar refractivity (Wildman–Crippen MR) is 79.5 cm³/mol. The van der Waals surface area contributed by atoms with Crippen molar-refractivity contribution in [2.45, 2.75) is 31.1 Å². The van der Waals surface area contributed by atoms with Gasteiger partial charge in [-0.15, -0.1) is 11.8 Å². The number of likely N-dealkylation sites (tertiary alicyclic amines) is 1. The van der Waals surface area contributed by atoms with Crippen molar-refractivity contribution in [3.05, 3.63) is 35.6 Å². The number of aliphatic carboxylic acids is 1. The van der Waals surface area contributed by atoms with Crippen LogP contribution in [0.3, 0.4) is 0 Å². The van der Waals surface area contributed by atoms with E-state index in [2.05, 4.69) is 0 Å². The molecule has 1 atom stereocenters. The minimum atomic E-state index is -0.924. The zero-order valence-electron chi connectivity index (χ0n) is 11.6. The third-order valence-corrected chi connectivity index (χ3v) is 4.50. The quantitative estimate of drug-likeness (QED) is 0.908. The monoisotopic (exact) mass is 311 g/mol. The van der Waals surface area contributed by atoms with Crippen molar-refractivity contribution in [2.24, 2.45) is 0 Å². The summed E-state index contributed by atoms with van der Waals surface area (Å²) in [5.41, 5.74) is 0.947. The molecule has 0 aliphatic carbocycles. The number of carboxylic acid groups (broad SMARTS) is 1. The summed E-state index contributed by atoms with van der Waals surface area (Å²) in [5, 5.41) is 9.15. The number of carbonyl (C=O) groups excluding carboxylic acids is 1. The average molecular weight is 311 g/mol. The van der Waals surface area contributed by atoms with Gasteiger partial charge in [0, 0.05) is 12.3 Å². The standard InChI is InChI=1S/C15H18FNO3S/c16-12-6-4-11(5-7-12)9-21-10-14(18)17-8-2-1-3-13(17)15(19)20/h4-7,13H,1-3,8-10H2,(H,19,20)/t13-/m0/s1. The number of nitrogens with zero attached hydrogens (tertiary/aromatic N) is 1. The summed E-state index contributed by atoms with van der Waals surface area (Å²) in [6, 6.07) is 5.48. The van der Waals surface area contributed by atoms with Crippen molar-refractivity contribution in [1.82, 2.24) is 4.90 Å². The van der Waals surface area contributed by atoms with Crippen LogP contribution >= 0.6 is 11.8 Å². The van der Waals surface area contributed by atoms with Gasteiger partial charge in [-0.2, -0.15) is 0 Å². The molecule has 1 aromatic carbocycles. The molecule has 6 heteroatoms. The second-order valence-corrected chi connectivity index (χ2v) is 6.04. The molecule has 0 aromatic heterocycles. The van der Waals surface area contributed by atoms with Crippen LogP contribution in [0.15, 0.2) is 24.3 Å². The molecular weight excluding hydrogens is 293 g/mol. The molecule has 1 aromatic rings. The minimum Gasteiger partial charge on any atom is -0.480 e. The van der Waals surface area contributed by atoms with Crippen LogP contribution in [-0.2, 0) is 15.3 Å². The number of rotatable bonds is 5. The Hall–Kier alpha value is -1.56. The first kappa shape index (κ1) is 15.8. The lowest BCUT2D eigenvalue weighted by molar-refractivity contribution is -0.150. The third kappa shape index (κ3) is 4.46. The maximum Gasteiger partial charge on any atom is 0.326 e. The smallest absolute Gasteiger partial charge is 0.326 e. The van der Waals surface area contributed by atoms with Gasteiger partial charge in [0.05, 0.1) is 5.75 Å². The Morgan fingerprint density at radius 1 is 1.29 bits per heavy atom. The molecule has 1 saturated heterocycles. The summed E-state index contributed by atoms with van der Waals surface area (Å²) in [7, 11) is 0. The van der Waals surface area contributed by atoms with E-state index < -0.39 is 12.0 Å². The van der Waals surface area contributed by atoms with Crippen molar-refractivity contribution in [3.63, 3.8) is 0 Å². The first-order valence-corrected chi connectivity index (χ1v) is 8.08. The van der Waals surface area contributed by atoms with Crippen LogP contribution in [0.25, 0.3) is 0 Å². The molecule has 0 saturated carbocycles. The number of carboxylic acids is 1. The third-order valence-electron chi connectivity index (χ3n) is 3.52. The Balaban J connectivity index is 1.83. The maximum atomic E-state index is 12.8. The molecule has 4 nitrogen and oxygen atoms in total. The first-order chi connectivity index (χ1) is 10.1. The van der Waals surface area contributed by atoms with E-state index in [1.54, 1.807) is 12.1 Å². The van der Waals surface area contributed by atoms with Crippen molar-refractivity contribution < 1.29 is 19.1 Å². The molecule has 1 fully saturated rings. The molecule has 1 aliphatic heterocycles. The normalized spacial score (nSPS) is 18.5. The van der Waals surface area contributed by atoms with Gasteiger partial charge < -0.3 is 10.0 Å². The Morgan fingerprint density at radius 2 is 2.00 bits per heavy atom. The van der Waals surface area contributed by atoms with Gasteiger partial charge in [0.1, 0.15) is 11.9 Å². The van der Waals surface area contributed by atoms with E-state index in [4.69, 9.17) is 5.11 Å². The highest BCUT2D eigenvalue weighted by Crippen LogP contribution is 2.20. The zero-order valence-corrected chi connectivity index (χ0v) is 12.4. The van der Waals surface area contributed by atoms with Gasteiger partial charge in [0.25, 0.3) is 0 Å². The fourth-order valence-corrected chi connectivity index (χ4v) is 3.28. The number of hydrogen-bond acceptors (Lipinski definition) is 3. The summed E-state index contributed by atoms with van der Waals surface area (Å²) >= 11 is 1.42. The molecule has 1 aliphatic rings. The highest BCUT2D eigenvalue weighted by molar-refractivity contribution is 7.99. The molecule has 1 N–H and O–H groups in total. The number of amides is 1. The molecule has 21 heavy (non-hydrogen) atoms. The van der Waals surface area contributed by atoms with Gasteiger partial charge in [0.15, 0.2) is 0 Å². The maximum absolute atomic E-state index is 12.8. The van der Waals surface area contributed by atoms with Crippen molar-refractivity contribution in [2.75, 3.05) is 12.3 Å².